The van der Waals surface area contributed by atoms with E-state index in [0.29, 0.717) is 23.7 Å². The predicted molar refractivity (Wildman–Crippen MR) is 100 cm³/mol. The smallest absolute Gasteiger partial charge is 0.323 e. The van der Waals surface area contributed by atoms with Crippen molar-refractivity contribution in [2.75, 3.05) is 23.3 Å². The second kappa shape index (κ2) is 7.02. The van der Waals surface area contributed by atoms with E-state index in [-0.39, 0.29) is 12.5 Å². The molecule has 0 spiro atoms. The zero-order valence-electron chi connectivity index (χ0n) is 15.7. The second-order valence-corrected chi connectivity index (χ2v) is 7.63. The predicted octanol–water partition coefficient (Wildman–Crippen LogP) is 1.72. The van der Waals surface area contributed by atoms with E-state index in [9.17, 15) is 19.2 Å². The van der Waals surface area contributed by atoms with Gasteiger partial charge in [0.2, 0.25) is 11.8 Å². The minimum Gasteiger partial charge on any atom is -0.323 e. The van der Waals surface area contributed by atoms with Crippen molar-refractivity contribution in [1.29, 1.82) is 0 Å². The fraction of sp³-hybridized carbons (Fsp3) is 0.474. The number of carbonyl (C=O) groups is 4. The van der Waals surface area contributed by atoms with E-state index in [2.05, 4.69) is 10.6 Å². The molecule has 1 atom stereocenters. The molecule has 1 saturated heterocycles. The monoisotopic (exact) mass is 372 g/mol. The van der Waals surface area contributed by atoms with Crippen LogP contribution in [0.15, 0.2) is 24.3 Å². The lowest BCUT2D eigenvalue weighted by atomic mass is 9.92. The molecule has 0 bridgehead atoms. The van der Waals surface area contributed by atoms with Gasteiger partial charge in [-0.15, -0.1) is 0 Å². The number of anilines is 2. The largest absolute Gasteiger partial charge is 0.325 e. The van der Waals surface area contributed by atoms with Crippen LogP contribution in [0.5, 0.6) is 0 Å². The van der Waals surface area contributed by atoms with Gasteiger partial charge in [0.1, 0.15) is 18.6 Å². The number of imide groups is 1. The minimum absolute atomic E-state index is 0.149. The summed E-state index contributed by atoms with van der Waals surface area (Å²) in [5.41, 5.74) is 0.0801. The highest BCUT2D eigenvalue weighted by molar-refractivity contribution is 6.14. The van der Waals surface area contributed by atoms with Crippen LogP contribution in [-0.2, 0) is 14.4 Å². The fourth-order valence-electron chi connectivity index (χ4n) is 3.31. The molecule has 8 nitrogen and oxygen atoms in total. The maximum Gasteiger partial charge on any atom is 0.325 e. The normalized spacial score (nSPS) is 22.0. The molecule has 144 valence electrons. The Hall–Kier alpha value is -2.90. The van der Waals surface area contributed by atoms with Crippen molar-refractivity contribution >= 4 is 35.1 Å². The lowest BCUT2D eigenvalue weighted by Gasteiger charge is -2.30. The summed E-state index contributed by atoms with van der Waals surface area (Å²) in [7, 11) is 0. The van der Waals surface area contributed by atoms with Crippen LogP contribution in [0, 0.1) is 5.92 Å². The Morgan fingerprint density at radius 1 is 1.22 bits per heavy atom. The first-order valence-corrected chi connectivity index (χ1v) is 9.04. The van der Waals surface area contributed by atoms with Crippen LogP contribution >= 0.6 is 0 Å². The van der Waals surface area contributed by atoms with Crippen molar-refractivity contribution in [3.05, 3.63) is 24.3 Å². The lowest BCUT2D eigenvalue weighted by molar-refractivity contribution is -0.134. The number of hydrogen-bond donors (Lipinski definition) is 2. The van der Waals surface area contributed by atoms with Crippen LogP contribution in [0.2, 0.25) is 0 Å². The van der Waals surface area contributed by atoms with Gasteiger partial charge in [0.15, 0.2) is 0 Å². The molecule has 2 N–H and O–H groups in total. The van der Waals surface area contributed by atoms with Gasteiger partial charge in [0.25, 0.3) is 5.91 Å². The van der Waals surface area contributed by atoms with Gasteiger partial charge in [-0.3, -0.25) is 24.2 Å². The molecule has 5 amide bonds. The number of rotatable bonds is 5. The molecule has 0 aliphatic carbocycles. The van der Waals surface area contributed by atoms with Gasteiger partial charge in [-0.2, -0.15) is 0 Å². The fourth-order valence-corrected chi connectivity index (χ4v) is 3.31. The van der Waals surface area contributed by atoms with E-state index in [1.54, 1.807) is 31.2 Å². The number of fused-ring (bicyclic) bond motifs is 1. The number of nitrogens with one attached hydrogen (secondary N) is 2. The quantitative estimate of drug-likeness (QED) is 0.769. The summed E-state index contributed by atoms with van der Waals surface area (Å²) < 4.78 is 0. The van der Waals surface area contributed by atoms with Gasteiger partial charge in [-0.1, -0.05) is 26.0 Å². The van der Waals surface area contributed by atoms with Crippen LogP contribution < -0.4 is 15.5 Å². The molecular formula is C19H24N4O4. The van der Waals surface area contributed by atoms with E-state index in [1.165, 1.54) is 4.90 Å². The number of carbonyl (C=O) groups excluding carboxylic acids is 4. The highest BCUT2D eigenvalue weighted by atomic mass is 16.2. The first-order valence-electron chi connectivity index (χ1n) is 9.04. The van der Waals surface area contributed by atoms with Gasteiger partial charge >= 0.3 is 6.03 Å². The van der Waals surface area contributed by atoms with Crippen LogP contribution in [-0.4, -0.2) is 47.3 Å². The maximum atomic E-state index is 12.8. The molecule has 0 radical (unpaired) electrons. The molecule has 2 aliphatic heterocycles. The summed E-state index contributed by atoms with van der Waals surface area (Å²) in [4.78, 5) is 52.0. The van der Waals surface area contributed by atoms with Gasteiger partial charge in [0.05, 0.1) is 11.4 Å². The van der Waals surface area contributed by atoms with Gasteiger partial charge < -0.3 is 10.6 Å². The third-order valence-corrected chi connectivity index (χ3v) is 4.93. The second-order valence-electron chi connectivity index (χ2n) is 7.63. The highest BCUT2D eigenvalue weighted by Crippen LogP contribution is 2.30. The molecule has 3 rings (SSSR count). The van der Waals surface area contributed by atoms with Gasteiger partial charge in [-0.05, 0) is 37.8 Å². The Morgan fingerprint density at radius 2 is 1.93 bits per heavy atom. The number of amides is 5. The summed E-state index contributed by atoms with van der Waals surface area (Å²) >= 11 is 0. The average Bonchev–Trinajstić information content (AvgIpc) is 2.83. The Bertz CT molecular complexity index is 807. The van der Waals surface area contributed by atoms with Crippen molar-refractivity contribution < 1.29 is 19.2 Å². The lowest BCUT2D eigenvalue weighted by Crippen LogP contribution is -2.49. The number of nitrogens with zero attached hydrogens (tertiary/aromatic N) is 2. The Labute approximate surface area is 157 Å². The van der Waals surface area contributed by atoms with E-state index in [4.69, 9.17) is 0 Å². The average molecular weight is 372 g/mol. The summed E-state index contributed by atoms with van der Waals surface area (Å²) in [6, 6.07) is 6.35. The summed E-state index contributed by atoms with van der Waals surface area (Å²) in [5, 5.41) is 5.41. The van der Waals surface area contributed by atoms with Crippen molar-refractivity contribution in [3.8, 4) is 0 Å². The molecule has 27 heavy (non-hydrogen) atoms. The highest BCUT2D eigenvalue weighted by Gasteiger charge is 2.48. The number of urea groups is 1. The Balaban J connectivity index is 1.76. The molecule has 0 saturated carbocycles. The number of benzene rings is 1. The van der Waals surface area contributed by atoms with Crippen LogP contribution in [0.3, 0.4) is 0 Å². The van der Waals surface area contributed by atoms with Crippen molar-refractivity contribution in [1.82, 2.24) is 10.2 Å². The summed E-state index contributed by atoms with van der Waals surface area (Å²) in [5.74, 6) is -0.809. The van der Waals surface area contributed by atoms with Crippen LogP contribution in [0.25, 0.3) is 0 Å². The first kappa shape index (κ1) is 18.9. The van der Waals surface area contributed by atoms with Crippen molar-refractivity contribution in [3.63, 3.8) is 0 Å². The van der Waals surface area contributed by atoms with Gasteiger partial charge in [-0.25, -0.2) is 4.79 Å². The zero-order valence-corrected chi connectivity index (χ0v) is 15.7. The van der Waals surface area contributed by atoms with E-state index < -0.39 is 29.9 Å². The standard InChI is InChI=1S/C19H24N4O4/c1-12(2)8-9-19(3)17(26)23(18(27)21-19)11-16(25)22-10-15(24)20-13-6-4-5-7-14(13)22/h4-7,12H,8-11H2,1-3H3,(H,20,24)(H,21,27)/t19-/m1/s1. The topological polar surface area (TPSA) is 98.8 Å². The van der Waals surface area contributed by atoms with E-state index in [0.717, 1.165) is 11.3 Å². The SMILES string of the molecule is CC(C)CC[C@@]1(C)NC(=O)N(CC(=O)N2CC(=O)Nc3ccccc32)C1=O. The molecule has 1 aromatic rings. The molecule has 1 fully saturated rings. The minimum atomic E-state index is -1.00. The number of para-hydroxylation sites is 2. The van der Waals surface area contributed by atoms with Crippen LogP contribution in [0.4, 0.5) is 16.2 Å². The van der Waals surface area contributed by atoms with E-state index >= 15 is 0 Å². The molecule has 8 heteroatoms. The third kappa shape index (κ3) is 3.65. The number of hydrogen-bond acceptors (Lipinski definition) is 4. The maximum absolute atomic E-state index is 12.8. The summed E-state index contributed by atoms with van der Waals surface area (Å²) in [6.07, 6.45) is 1.29. The Morgan fingerprint density at radius 3 is 2.63 bits per heavy atom. The van der Waals surface area contributed by atoms with Gasteiger partial charge in [0, 0.05) is 0 Å². The first-order chi connectivity index (χ1) is 12.7. The summed E-state index contributed by atoms with van der Waals surface area (Å²) in [6.45, 7) is 5.23. The third-order valence-electron chi connectivity index (χ3n) is 4.93. The molecule has 0 aromatic heterocycles. The Kier molecular flexibility index (Phi) is 4.91. The van der Waals surface area contributed by atoms with Crippen molar-refractivity contribution in [2.45, 2.75) is 39.2 Å². The molecule has 2 heterocycles. The molecular weight excluding hydrogens is 348 g/mol. The van der Waals surface area contributed by atoms with E-state index in [1.807, 2.05) is 13.8 Å². The zero-order chi connectivity index (χ0) is 19.8. The van der Waals surface area contributed by atoms with Crippen molar-refractivity contribution in [2.24, 2.45) is 5.92 Å². The van der Waals surface area contributed by atoms with Crippen LogP contribution in [0.1, 0.15) is 33.6 Å². The molecule has 0 unspecified atom stereocenters. The molecule has 1 aromatic carbocycles. The molecule has 2 aliphatic rings.